The predicted molar refractivity (Wildman–Crippen MR) is 138 cm³/mol. The highest BCUT2D eigenvalue weighted by Gasteiger charge is 2.41. The van der Waals surface area contributed by atoms with Crippen molar-refractivity contribution in [2.24, 2.45) is 0 Å². The number of carbonyl (C=O) groups is 1. The summed E-state index contributed by atoms with van der Waals surface area (Å²) in [5, 5.41) is 14.7. The number of nitrogens with one attached hydrogen (secondary N) is 3. The van der Waals surface area contributed by atoms with Gasteiger partial charge in [-0.05, 0) is 65.8 Å². The van der Waals surface area contributed by atoms with Crippen molar-refractivity contribution in [3.63, 3.8) is 0 Å². The summed E-state index contributed by atoms with van der Waals surface area (Å²) in [7, 11) is 3.22. The highest BCUT2D eigenvalue weighted by atomic mass is 16.5. The van der Waals surface area contributed by atoms with E-state index >= 15 is 0 Å². The highest BCUT2D eigenvalue weighted by Crippen LogP contribution is 2.57. The van der Waals surface area contributed by atoms with E-state index < -0.39 is 0 Å². The molecule has 0 radical (unpaired) electrons. The topological polar surface area (TPSA) is 127 Å². The van der Waals surface area contributed by atoms with E-state index in [1.807, 2.05) is 24.3 Å². The monoisotopic (exact) mass is 496 g/mol. The van der Waals surface area contributed by atoms with E-state index in [9.17, 15) is 4.79 Å². The predicted octanol–water partition coefficient (Wildman–Crippen LogP) is 5.21. The number of aromatic nitrogens is 4. The van der Waals surface area contributed by atoms with Gasteiger partial charge in [-0.1, -0.05) is 6.07 Å². The lowest BCUT2D eigenvalue weighted by molar-refractivity contribution is -0.105. The highest BCUT2D eigenvalue weighted by molar-refractivity contribution is 5.92. The smallest absolute Gasteiger partial charge is 0.237 e. The molecule has 0 aliphatic heterocycles. The van der Waals surface area contributed by atoms with Crippen LogP contribution in [-0.2, 0) is 4.79 Å². The molecule has 2 unspecified atom stereocenters. The quantitative estimate of drug-likeness (QED) is 0.237. The molecule has 3 aromatic heterocycles. The first-order chi connectivity index (χ1) is 18.2. The number of rotatable bonds is 9. The molecule has 186 valence electrons. The van der Waals surface area contributed by atoms with E-state index in [1.165, 1.54) is 12.0 Å². The number of amides is 1. The lowest BCUT2D eigenvalue weighted by Gasteiger charge is -2.11. The Labute approximate surface area is 212 Å². The van der Waals surface area contributed by atoms with Crippen molar-refractivity contribution in [1.29, 1.82) is 0 Å². The number of oxazole rings is 1. The molecule has 1 aliphatic rings. The van der Waals surface area contributed by atoms with Gasteiger partial charge in [0, 0.05) is 22.8 Å². The van der Waals surface area contributed by atoms with E-state index in [0.717, 1.165) is 39.9 Å². The Kier molecular flexibility index (Phi) is 5.68. The van der Waals surface area contributed by atoms with Gasteiger partial charge in [-0.15, -0.1) is 0 Å². The van der Waals surface area contributed by atoms with Crippen LogP contribution in [0.3, 0.4) is 0 Å². The van der Waals surface area contributed by atoms with Gasteiger partial charge in [0.1, 0.15) is 23.4 Å². The van der Waals surface area contributed by atoms with Crippen LogP contribution >= 0.6 is 0 Å². The summed E-state index contributed by atoms with van der Waals surface area (Å²) < 4.78 is 15.9. The maximum atomic E-state index is 11.1. The summed E-state index contributed by atoms with van der Waals surface area (Å²) in [4.78, 5) is 19.7. The van der Waals surface area contributed by atoms with E-state index in [-0.39, 0.29) is 0 Å². The number of aromatic amines is 1. The van der Waals surface area contributed by atoms with Crippen molar-refractivity contribution in [2.45, 2.75) is 18.3 Å². The average molecular weight is 497 g/mol. The van der Waals surface area contributed by atoms with Crippen molar-refractivity contribution >= 4 is 34.5 Å². The second-order valence-electron chi connectivity index (χ2n) is 8.82. The Balaban J connectivity index is 1.26. The van der Waals surface area contributed by atoms with Gasteiger partial charge in [-0.2, -0.15) is 5.10 Å². The second-order valence-corrected chi connectivity index (χ2v) is 8.82. The molecular formula is C27H24N6O4. The lowest BCUT2D eigenvalue weighted by atomic mass is 10.0. The first-order valence-electron chi connectivity index (χ1n) is 11.7. The molecule has 2 atom stereocenters. The molecule has 0 spiro atoms. The summed E-state index contributed by atoms with van der Waals surface area (Å²) in [5.74, 6) is 2.52. The van der Waals surface area contributed by atoms with Gasteiger partial charge >= 0.3 is 0 Å². The molecule has 2 aromatic carbocycles. The van der Waals surface area contributed by atoms with Crippen molar-refractivity contribution in [3.05, 3.63) is 72.4 Å². The number of anilines is 3. The van der Waals surface area contributed by atoms with Crippen LogP contribution < -0.4 is 20.1 Å². The number of pyridine rings is 1. The summed E-state index contributed by atoms with van der Waals surface area (Å²) in [6, 6.07) is 13.9. The Hall–Kier alpha value is -4.86. The third kappa shape index (κ3) is 4.22. The first-order valence-corrected chi connectivity index (χ1v) is 11.7. The maximum Gasteiger partial charge on any atom is 0.237 e. The number of hydrogen-bond acceptors (Lipinski definition) is 8. The molecule has 1 aliphatic carbocycles. The molecule has 10 nitrogen and oxygen atoms in total. The largest absolute Gasteiger partial charge is 0.497 e. The number of nitrogens with zero attached hydrogens (tertiary/aromatic N) is 3. The van der Waals surface area contributed by atoms with Gasteiger partial charge in [0.2, 0.25) is 12.3 Å². The zero-order valence-electron chi connectivity index (χ0n) is 20.2. The van der Waals surface area contributed by atoms with Crippen molar-refractivity contribution in [3.8, 4) is 22.9 Å². The molecule has 0 saturated heterocycles. The molecule has 5 aromatic rings. The number of carbonyl (C=O) groups excluding carboxylic acids is 1. The molecule has 3 N–H and O–H groups in total. The molecule has 1 fully saturated rings. The summed E-state index contributed by atoms with van der Waals surface area (Å²) in [6.07, 6.45) is 6.32. The van der Waals surface area contributed by atoms with Gasteiger partial charge in [0.05, 0.1) is 19.7 Å². The molecule has 6 rings (SSSR count). The lowest BCUT2D eigenvalue weighted by Crippen LogP contribution is -1.99. The summed E-state index contributed by atoms with van der Waals surface area (Å²) in [5.41, 5.74) is 6.15. The third-order valence-corrected chi connectivity index (χ3v) is 6.70. The maximum absolute atomic E-state index is 11.1. The van der Waals surface area contributed by atoms with Crippen molar-refractivity contribution in [1.82, 2.24) is 20.2 Å². The van der Waals surface area contributed by atoms with E-state index in [1.54, 1.807) is 26.7 Å². The standard InChI is InChI=1S/C27H24N6O4/c1-35-17-4-6-22(29-13-34)21(9-17)20-10-19(20)15-3-5-18-23(7-15)32-33-26(18)31-24-8-16(11-28-27(24)36-2)25-12-37-14-30-25/h3-9,11-14,19-20H,10H2,1-2H3,(H,29,34)(H2,31,32,33). The Bertz CT molecular complexity index is 1580. The van der Waals surface area contributed by atoms with Crippen LogP contribution in [0.5, 0.6) is 11.6 Å². The number of hydrogen-bond donors (Lipinski definition) is 3. The third-order valence-electron chi connectivity index (χ3n) is 6.70. The summed E-state index contributed by atoms with van der Waals surface area (Å²) in [6.45, 7) is 0. The van der Waals surface area contributed by atoms with E-state index in [4.69, 9.17) is 13.9 Å². The van der Waals surface area contributed by atoms with Gasteiger partial charge in [0.25, 0.3) is 0 Å². The minimum absolute atomic E-state index is 0.296. The zero-order valence-corrected chi connectivity index (χ0v) is 20.2. The van der Waals surface area contributed by atoms with Crippen LogP contribution in [0, 0.1) is 0 Å². The van der Waals surface area contributed by atoms with Crippen LogP contribution in [0.25, 0.3) is 22.2 Å². The van der Waals surface area contributed by atoms with Gasteiger partial charge in [-0.25, -0.2) is 9.97 Å². The molecule has 1 saturated carbocycles. The number of ether oxygens (including phenoxy) is 2. The molecular weight excluding hydrogens is 472 g/mol. The first kappa shape index (κ1) is 22.6. The molecule has 0 bridgehead atoms. The zero-order chi connectivity index (χ0) is 25.4. The van der Waals surface area contributed by atoms with Crippen molar-refractivity contribution < 1.29 is 18.7 Å². The Morgan fingerprint density at radius 1 is 1.05 bits per heavy atom. The fourth-order valence-corrected chi connectivity index (χ4v) is 4.77. The van der Waals surface area contributed by atoms with E-state index in [2.05, 4.69) is 49.0 Å². The van der Waals surface area contributed by atoms with Crippen LogP contribution in [0.4, 0.5) is 17.2 Å². The Morgan fingerprint density at radius 3 is 2.76 bits per heavy atom. The van der Waals surface area contributed by atoms with Crippen LogP contribution in [0.15, 0.2) is 65.7 Å². The number of H-pyrrole nitrogens is 1. The minimum Gasteiger partial charge on any atom is -0.497 e. The minimum atomic E-state index is 0.296. The summed E-state index contributed by atoms with van der Waals surface area (Å²) >= 11 is 0. The molecule has 37 heavy (non-hydrogen) atoms. The SMILES string of the molecule is COc1ccc(NC=O)c(C2CC2c2ccc3c(Nc4cc(-c5cocn5)cnc4OC)n[nH]c3c2)c1. The second kappa shape index (κ2) is 9.30. The fourth-order valence-electron chi connectivity index (χ4n) is 4.77. The molecule has 1 amide bonds. The van der Waals surface area contributed by atoms with Crippen LogP contribution in [0.1, 0.15) is 29.4 Å². The average Bonchev–Trinajstić information content (AvgIpc) is 3.33. The van der Waals surface area contributed by atoms with Crippen LogP contribution in [-0.4, -0.2) is 40.8 Å². The van der Waals surface area contributed by atoms with Gasteiger partial charge < -0.3 is 24.5 Å². The van der Waals surface area contributed by atoms with Gasteiger partial charge in [-0.3, -0.25) is 9.89 Å². The molecule has 10 heteroatoms. The normalized spacial score (nSPS) is 16.4. The van der Waals surface area contributed by atoms with Crippen LogP contribution in [0.2, 0.25) is 0 Å². The Morgan fingerprint density at radius 2 is 1.97 bits per heavy atom. The fraction of sp³-hybridized carbons (Fsp3) is 0.185. The molecule has 3 heterocycles. The number of fused-ring (bicyclic) bond motifs is 1. The van der Waals surface area contributed by atoms with Gasteiger partial charge in [0.15, 0.2) is 12.2 Å². The van der Waals surface area contributed by atoms with E-state index in [0.29, 0.717) is 41.3 Å². The number of methoxy groups -OCH3 is 2. The van der Waals surface area contributed by atoms with Crippen molar-refractivity contribution in [2.75, 3.05) is 24.9 Å². The number of benzene rings is 2.